The van der Waals surface area contributed by atoms with Gasteiger partial charge in [-0.05, 0) is 48.7 Å². The number of carbonyl (C=O) groups excluding carboxylic acids is 1. The van der Waals surface area contributed by atoms with E-state index in [0.29, 0.717) is 37.6 Å². The molecule has 0 bridgehead atoms. The normalized spacial score (nSPS) is 14.2. The Morgan fingerprint density at radius 1 is 1.03 bits per heavy atom. The number of urea groups is 1. The number of nitrogens with one attached hydrogen (secondary N) is 2. The first-order valence-electron chi connectivity index (χ1n) is 10.2. The summed E-state index contributed by atoms with van der Waals surface area (Å²) in [5.74, 6) is 1.26. The van der Waals surface area contributed by atoms with Crippen molar-refractivity contribution in [2.75, 3.05) is 30.8 Å². The molecule has 3 N–H and O–H groups in total. The average molecular weight is 419 g/mol. The molecule has 1 aromatic heterocycles. The van der Waals surface area contributed by atoms with Crippen molar-refractivity contribution in [2.24, 2.45) is 0 Å². The lowest BCUT2D eigenvalue weighted by atomic mass is 10.1. The number of nitrogens with zero attached hydrogens (tertiary/aromatic N) is 3. The number of benzene rings is 2. The number of carbonyl (C=O) groups is 1. The Hall–Kier alpha value is -3.65. The molecule has 3 aromatic rings. The molecular weight excluding hydrogens is 394 g/mol. The molecule has 0 spiro atoms. The Labute approximate surface area is 180 Å². The first kappa shape index (κ1) is 20.6. The Balaban J connectivity index is 1.38. The SMILES string of the molecule is COc1ccc(-c2cnc(Nc3cccc(NC(=O)N4CCC(O)CC4)c3)nc2)cc1. The van der Waals surface area contributed by atoms with E-state index in [2.05, 4.69) is 20.6 Å². The fourth-order valence-corrected chi connectivity index (χ4v) is 3.40. The molecule has 1 saturated heterocycles. The van der Waals surface area contributed by atoms with Crippen molar-refractivity contribution in [3.63, 3.8) is 0 Å². The summed E-state index contributed by atoms with van der Waals surface area (Å²) < 4.78 is 5.18. The zero-order valence-electron chi connectivity index (χ0n) is 17.3. The monoisotopic (exact) mass is 419 g/mol. The van der Waals surface area contributed by atoms with E-state index in [-0.39, 0.29) is 12.1 Å². The molecule has 4 rings (SSSR count). The number of aliphatic hydroxyl groups excluding tert-OH is 1. The molecule has 0 unspecified atom stereocenters. The minimum Gasteiger partial charge on any atom is -0.497 e. The van der Waals surface area contributed by atoms with Gasteiger partial charge in [-0.2, -0.15) is 0 Å². The topological polar surface area (TPSA) is 99.6 Å². The van der Waals surface area contributed by atoms with E-state index in [9.17, 15) is 9.90 Å². The number of piperidine rings is 1. The van der Waals surface area contributed by atoms with Gasteiger partial charge in [0.15, 0.2) is 0 Å². The van der Waals surface area contributed by atoms with Crippen LogP contribution in [0.25, 0.3) is 11.1 Å². The first-order chi connectivity index (χ1) is 15.1. The van der Waals surface area contributed by atoms with Gasteiger partial charge in [-0.1, -0.05) is 18.2 Å². The van der Waals surface area contributed by atoms with Gasteiger partial charge in [0.1, 0.15) is 5.75 Å². The zero-order chi connectivity index (χ0) is 21.6. The van der Waals surface area contributed by atoms with Crippen LogP contribution in [0.2, 0.25) is 0 Å². The maximum Gasteiger partial charge on any atom is 0.321 e. The third-order valence-corrected chi connectivity index (χ3v) is 5.20. The quantitative estimate of drug-likeness (QED) is 0.580. The summed E-state index contributed by atoms with van der Waals surface area (Å²) >= 11 is 0. The molecule has 8 nitrogen and oxygen atoms in total. The lowest BCUT2D eigenvalue weighted by Crippen LogP contribution is -2.42. The fraction of sp³-hybridized carbons (Fsp3) is 0.261. The zero-order valence-corrected chi connectivity index (χ0v) is 17.3. The summed E-state index contributed by atoms with van der Waals surface area (Å²) in [4.78, 5) is 22.9. The van der Waals surface area contributed by atoms with E-state index >= 15 is 0 Å². The number of aliphatic hydroxyl groups is 1. The molecule has 2 aromatic carbocycles. The van der Waals surface area contributed by atoms with E-state index < -0.39 is 0 Å². The van der Waals surface area contributed by atoms with Crippen molar-refractivity contribution in [1.29, 1.82) is 0 Å². The van der Waals surface area contributed by atoms with Crippen molar-refractivity contribution >= 4 is 23.4 Å². The van der Waals surface area contributed by atoms with E-state index in [1.165, 1.54) is 0 Å². The number of hydrogen-bond acceptors (Lipinski definition) is 6. The number of hydrogen-bond donors (Lipinski definition) is 3. The predicted molar refractivity (Wildman–Crippen MR) is 120 cm³/mol. The van der Waals surface area contributed by atoms with Gasteiger partial charge in [0.25, 0.3) is 0 Å². The molecule has 1 aliphatic rings. The van der Waals surface area contributed by atoms with E-state index in [4.69, 9.17) is 4.74 Å². The predicted octanol–water partition coefficient (Wildman–Crippen LogP) is 3.88. The molecule has 1 fully saturated rings. The largest absolute Gasteiger partial charge is 0.497 e. The Morgan fingerprint density at radius 2 is 1.71 bits per heavy atom. The standard InChI is InChI=1S/C23H25N5O3/c1-31-21-7-5-16(6-8-21)17-14-24-22(25-15-17)26-18-3-2-4-19(13-18)27-23(30)28-11-9-20(29)10-12-28/h2-8,13-15,20,29H,9-12H2,1H3,(H,27,30)(H,24,25,26). The van der Waals surface area contributed by atoms with E-state index in [0.717, 1.165) is 22.6 Å². The van der Waals surface area contributed by atoms with Crippen LogP contribution in [0, 0.1) is 0 Å². The summed E-state index contributed by atoms with van der Waals surface area (Å²) in [7, 11) is 1.64. The number of anilines is 3. The summed E-state index contributed by atoms with van der Waals surface area (Å²) in [6.07, 6.45) is 4.42. The van der Waals surface area contributed by atoms with Crippen LogP contribution in [0.1, 0.15) is 12.8 Å². The summed E-state index contributed by atoms with van der Waals surface area (Å²) in [5, 5.41) is 15.7. The maximum absolute atomic E-state index is 12.4. The van der Waals surface area contributed by atoms with E-state index in [1.807, 2.05) is 48.5 Å². The van der Waals surface area contributed by atoms with Crippen molar-refractivity contribution in [3.8, 4) is 16.9 Å². The molecule has 1 aliphatic heterocycles. The Bertz CT molecular complexity index is 1020. The van der Waals surface area contributed by atoms with E-state index in [1.54, 1.807) is 24.4 Å². The van der Waals surface area contributed by atoms with Crippen LogP contribution in [0.3, 0.4) is 0 Å². The molecule has 2 heterocycles. The Morgan fingerprint density at radius 3 is 2.39 bits per heavy atom. The van der Waals surface area contributed by atoms with Gasteiger partial charge in [0.2, 0.25) is 5.95 Å². The molecule has 0 atom stereocenters. The van der Waals surface area contributed by atoms with Crippen LogP contribution in [-0.2, 0) is 0 Å². The van der Waals surface area contributed by atoms with Crippen LogP contribution in [-0.4, -0.2) is 52.3 Å². The lowest BCUT2D eigenvalue weighted by Gasteiger charge is -2.29. The third kappa shape index (κ3) is 5.29. The fourth-order valence-electron chi connectivity index (χ4n) is 3.40. The van der Waals surface area contributed by atoms with Crippen molar-refractivity contribution in [1.82, 2.24) is 14.9 Å². The molecule has 0 aliphatic carbocycles. The summed E-state index contributed by atoms with van der Waals surface area (Å²) in [5.41, 5.74) is 3.35. The van der Waals surface area contributed by atoms with Gasteiger partial charge in [-0.25, -0.2) is 14.8 Å². The second kappa shape index (κ2) is 9.44. The molecule has 8 heteroatoms. The highest BCUT2D eigenvalue weighted by Crippen LogP contribution is 2.23. The highest BCUT2D eigenvalue weighted by Gasteiger charge is 2.21. The van der Waals surface area contributed by atoms with Crippen LogP contribution in [0.4, 0.5) is 22.1 Å². The van der Waals surface area contributed by atoms with Gasteiger partial charge < -0.3 is 25.4 Å². The number of aromatic nitrogens is 2. The molecule has 0 radical (unpaired) electrons. The molecule has 0 saturated carbocycles. The molecule has 2 amide bonds. The molecule has 160 valence electrons. The first-order valence-corrected chi connectivity index (χ1v) is 10.2. The number of likely N-dealkylation sites (tertiary alicyclic amines) is 1. The number of rotatable bonds is 5. The summed E-state index contributed by atoms with van der Waals surface area (Å²) in [6, 6.07) is 14.9. The second-order valence-electron chi connectivity index (χ2n) is 7.38. The van der Waals surface area contributed by atoms with Gasteiger partial charge in [0.05, 0.1) is 13.2 Å². The maximum atomic E-state index is 12.4. The van der Waals surface area contributed by atoms with Crippen molar-refractivity contribution < 1.29 is 14.6 Å². The number of amides is 2. The van der Waals surface area contributed by atoms with Crippen LogP contribution >= 0.6 is 0 Å². The number of methoxy groups -OCH3 is 1. The smallest absolute Gasteiger partial charge is 0.321 e. The van der Waals surface area contributed by atoms with Crippen LogP contribution in [0.15, 0.2) is 60.9 Å². The highest BCUT2D eigenvalue weighted by atomic mass is 16.5. The molecular formula is C23H25N5O3. The minimum absolute atomic E-state index is 0.163. The van der Waals surface area contributed by atoms with Crippen molar-refractivity contribution in [3.05, 3.63) is 60.9 Å². The van der Waals surface area contributed by atoms with Gasteiger partial charge in [-0.15, -0.1) is 0 Å². The van der Waals surface area contributed by atoms with Gasteiger partial charge in [-0.3, -0.25) is 0 Å². The van der Waals surface area contributed by atoms with Gasteiger partial charge in [0, 0.05) is 42.4 Å². The molecule has 31 heavy (non-hydrogen) atoms. The lowest BCUT2D eigenvalue weighted by molar-refractivity contribution is 0.0972. The average Bonchev–Trinajstić information content (AvgIpc) is 2.80. The Kier molecular flexibility index (Phi) is 6.28. The van der Waals surface area contributed by atoms with Crippen molar-refractivity contribution in [2.45, 2.75) is 18.9 Å². The highest BCUT2D eigenvalue weighted by molar-refractivity contribution is 5.90. The summed E-state index contributed by atoms with van der Waals surface area (Å²) in [6.45, 7) is 1.11. The van der Waals surface area contributed by atoms with Crippen LogP contribution < -0.4 is 15.4 Å². The third-order valence-electron chi connectivity index (χ3n) is 5.20. The minimum atomic E-state index is -0.312. The van der Waals surface area contributed by atoms with Gasteiger partial charge >= 0.3 is 6.03 Å². The number of ether oxygens (including phenoxy) is 1. The van der Waals surface area contributed by atoms with Crippen LogP contribution in [0.5, 0.6) is 5.75 Å². The second-order valence-corrected chi connectivity index (χ2v) is 7.38.